The van der Waals surface area contributed by atoms with Crippen molar-refractivity contribution in [3.8, 4) is 0 Å². The SMILES string of the molecule is CCCCNC(=O)Nc1cc(Cl)ccc1N. The van der Waals surface area contributed by atoms with E-state index in [-0.39, 0.29) is 6.03 Å². The summed E-state index contributed by atoms with van der Waals surface area (Å²) in [5.74, 6) is 0. The van der Waals surface area contributed by atoms with E-state index in [1.807, 2.05) is 0 Å². The summed E-state index contributed by atoms with van der Waals surface area (Å²) in [6.45, 7) is 2.72. The molecule has 0 aliphatic rings. The van der Waals surface area contributed by atoms with Gasteiger partial charge in [0.05, 0.1) is 11.4 Å². The van der Waals surface area contributed by atoms with Crippen molar-refractivity contribution in [3.63, 3.8) is 0 Å². The molecule has 0 aliphatic heterocycles. The maximum atomic E-state index is 11.4. The minimum Gasteiger partial charge on any atom is -0.397 e. The lowest BCUT2D eigenvalue weighted by atomic mass is 10.3. The Kier molecular flexibility index (Phi) is 4.92. The van der Waals surface area contributed by atoms with E-state index < -0.39 is 0 Å². The number of unbranched alkanes of at least 4 members (excludes halogenated alkanes) is 1. The zero-order chi connectivity index (χ0) is 12.0. The Bertz CT molecular complexity index is 368. The van der Waals surface area contributed by atoms with Gasteiger partial charge in [0, 0.05) is 11.6 Å². The molecule has 4 nitrogen and oxygen atoms in total. The van der Waals surface area contributed by atoms with Crippen LogP contribution < -0.4 is 16.4 Å². The van der Waals surface area contributed by atoms with Crippen LogP contribution in [0.15, 0.2) is 18.2 Å². The Hall–Kier alpha value is -1.42. The van der Waals surface area contributed by atoms with Crippen LogP contribution in [0, 0.1) is 0 Å². The minimum atomic E-state index is -0.262. The van der Waals surface area contributed by atoms with Crippen LogP contribution in [0.4, 0.5) is 16.2 Å². The average molecular weight is 242 g/mol. The third-order valence-corrected chi connectivity index (χ3v) is 2.31. The highest BCUT2D eigenvalue weighted by molar-refractivity contribution is 6.31. The maximum absolute atomic E-state index is 11.4. The van der Waals surface area contributed by atoms with Gasteiger partial charge in [0.25, 0.3) is 0 Å². The van der Waals surface area contributed by atoms with Gasteiger partial charge in [-0.25, -0.2) is 4.79 Å². The molecule has 0 aliphatic carbocycles. The van der Waals surface area contributed by atoms with Crippen molar-refractivity contribution in [2.45, 2.75) is 19.8 Å². The van der Waals surface area contributed by atoms with E-state index in [9.17, 15) is 4.79 Å². The summed E-state index contributed by atoms with van der Waals surface area (Å²) in [6, 6.07) is 4.69. The molecular formula is C11H16ClN3O. The first-order valence-electron chi connectivity index (χ1n) is 5.23. The van der Waals surface area contributed by atoms with E-state index in [0.717, 1.165) is 12.8 Å². The first-order chi connectivity index (χ1) is 7.63. The van der Waals surface area contributed by atoms with Gasteiger partial charge in [0.1, 0.15) is 0 Å². The second-order valence-electron chi connectivity index (χ2n) is 3.47. The fourth-order valence-electron chi connectivity index (χ4n) is 1.18. The zero-order valence-corrected chi connectivity index (χ0v) is 9.97. The lowest BCUT2D eigenvalue weighted by Crippen LogP contribution is -2.29. The molecule has 0 unspecified atom stereocenters. The van der Waals surface area contributed by atoms with Crippen molar-refractivity contribution >= 4 is 29.0 Å². The molecule has 0 saturated heterocycles. The van der Waals surface area contributed by atoms with E-state index in [1.54, 1.807) is 18.2 Å². The molecule has 1 aromatic rings. The fourth-order valence-corrected chi connectivity index (χ4v) is 1.35. The van der Waals surface area contributed by atoms with Gasteiger partial charge in [-0.05, 0) is 24.6 Å². The molecule has 4 N–H and O–H groups in total. The van der Waals surface area contributed by atoms with Gasteiger partial charge >= 0.3 is 6.03 Å². The van der Waals surface area contributed by atoms with Crippen molar-refractivity contribution < 1.29 is 4.79 Å². The lowest BCUT2D eigenvalue weighted by molar-refractivity contribution is 0.252. The van der Waals surface area contributed by atoms with E-state index >= 15 is 0 Å². The number of anilines is 2. The predicted octanol–water partition coefficient (Wildman–Crippen LogP) is 2.84. The molecule has 1 aromatic carbocycles. The number of nitrogens with one attached hydrogen (secondary N) is 2. The third kappa shape index (κ3) is 3.98. The van der Waals surface area contributed by atoms with Crippen LogP contribution in [-0.4, -0.2) is 12.6 Å². The molecule has 5 heteroatoms. The van der Waals surface area contributed by atoms with Gasteiger partial charge in [-0.1, -0.05) is 24.9 Å². The topological polar surface area (TPSA) is 67.2 Å². The third-order valence-electron chi connectivity index (χ3n) is 2.08. The summed E-state index contributed by atoms with van der Waals surface area (Å²) in [5, 5.41) is 5.92. The Morgan fingerprint density at radius 3 is 2.94 bits per heavy atom. The Morgan fingerprint density at radius 1 is 1.50 bits per heavy atom. The highest BCUT2D eigenvalue weighted by Crippen LogP contribution is 2.22. The monoisotopic (exact) mass is 241 g/mol. The Balaban J connectivity index is 2.52. The van der Waals surface area contributed by atoms with Gasteiger partial charge in [-0.15, -0.1) is 0 Å². The van der Waals surface area contributed by atoms with Crippen molar-refractivity contribution in [1.29, 1.82) is 0 Å². The van der Waals surface area contributed by atoms with Gasteiger partial charge in [-0.2, -0.15) is 0 Å². The van der Waals surface area contributed by atoms with Crippen LogP contribution in [0.5, 0.6) is 0 Å². The quantitative estimate of drug-likeness (QED) is 0.561. The van der Waals surface area contributed by atoms with Gasteiger partial charge in [-0.3, -0.25) is 0 Å². The predicted molar refractivity (Wildman–Crippen MR) is 67.8 cm³/mol. The zero-order valence-electron chi connectivity index (χ0n) is 9.22. The number of rotatable bonds is 4. The number of urea groups is 1. The number of benzene rings is 1. The Morgan fingerprint density at radius 2 is 2.25 bits per heavy atom. The molecular weight excluding hydrogens is 226 g/mol. The van der Waals surface area contributed by atoms with Crippen LogP contribution in [0.3, 0.4) is 0 Å². The molecule has 88 valence electrons. The molecule has 0 aromatic heterocycles. The smallest absolute Gasteiger partial charge is 0.319 e. The van der Waals surface area contributed by atoms with Crippen LogP contribution in [0.25, 0.3) is 0 Å². The Labute approximate surface area is 100 Å². The molecule has 16 heavy (non-hydrogen) atoms. The number of nitrogen functional groups attached to an aromatic ring is 1. The second kappa shape index (κ2) is 6.23. The highest BCUT2D eigenvalue weighted by Gasteiger charge is 2.04. The van der Waals surface area contributed by atoms with Gasteiger partial charge in [0.2, 0.25) is 0 Å². The summed E-state index contributed by atoms with van der Waals surface area (Å²) in [4.78, 5) is 11.4. The fraction of sp³-hybridized carbons (Fsp3) is 0.364. The molecule has 0 bridgehead atoms. The number of halogens is 1. The standard InChI is InChI=1S/C11H16ClN3O/c1-2-3-6-14-11(16)15-10-7-8(12)4-5-9(10)13/h4-5,7H,2-3,6,13H2,1H3,(H2,14,15,16). The number of amides is 2. The molecule has 0 heterocycles. The van der Waals surface area contributed by atoms with Crippen LogP contribution in [0.2, 0.25) is 5.02 Å². The molecule has 0 atom stereocenters. The minimum absolute atomic E-state index is 0.262. The lowest BCUT2D eigenvalue weighted by Gasteiger charge is -2.09. The van der Waals surface area contributed by atoms with Crippen molar-refractivity contribution in [2.75, 3.05) is 17.6 Å². The van der Waals surface area contributed by atoms with Gasteiger partial charge in [0.15, 0.2) is 0 Å². The van der Waals surface area contributed by atoms with E-state index in [4.69, 9.17) is 17.3 Å². The number of hydrogen-bond donors (Lipinski definition) is 3. The number of nitrogens with two attached hydrogens (primary N) is 1. The van der Waals surface area contributed by atoms with E-state index in [1.165, 1.54) is 0 Å². The van der Waals surface area contributed by atoms with Crippen molar-refractivity contribution in [3.05, 3.63) is 23.2 Å². The molecule has 0 radical (unpaired) electrons. The van der Waals surface area contributed by atoms with Gasteiger partial charge < -0.3 is 16.4 Å². The molecule has 1 rings (SSSR count). The van der Waals surface area contributed by atoms with Crippen LogP contribution >= 0.6 is 11.6 Å². The molecule has 0 saturated carbocycles. The van der Waals surface area contributed by atoms with Crippen LogP contribution in [-0.2, 0) is 0 Å². The average Bonchev–Trinajstić information content (AvgIpc) is 2.24. The van der Waals surface area contributed by atoms with Crippen molar-refractivity contribution in [2.24, 2.45) is 0 Å². The summed E-state index contributed by atoms with van der Waals surface area (Å²) in [7, 11) is 0. The summed E-state index contributed by atoms with van der Waals surface area (Å²) >= 11 is 5.80. The highest BCUT2D eigenvalue weighted by atomic mass is 35.5. The second-order valence-corrected chi connectivity index (χ2v) is 3.90. The first kappa shape index (κ1) is 12.6. The van der Waals surface area contributed by atoms with E-state index in [2.05, 4.69) is 17.6 Å². The molecule has 0 spiro atoms. The number of carbonyl (C=O) groups excluding carboxylic acids is 1. The molecule has 0 fully saturated rings. The largest absolute Gasteiger partial charge is 0.397 e. The number of carbonyl (C=O) groups is 1. The normalized spacial score (nSPS) is 9.88. The molecule has 2 amide bonds. The summed E-state index contributed by atoms with van der Waals surface area (Å²) < 4.78 is 0. The first-order valence-corrected chi connectivity index (χ1v) is 5.61. The van der Waals surface area contributed by atoms with E-state index in [0.29, 0.717) is 22.9 Å². The van der Waals surface area contributed by atoms with Crippen molar-refractivity contribution in [1.82, 2.24) is 5.32 Å². The number of hydrogen-bond acceptors (Lipinski definition) is 2. The van der Waals surface area contributed by atoms with Crippen LogP contribution in [0.1, 0.15) is 19.8 Å². The summed E-state index contributed by atoms with van der Waals surface area (Å²) in [5.41, 5.74) is 6.72. The maximum Gasteiger partial charge on any atom is 0.319 e. The summed E-state index contributed by atoms with van der Waals surface area (Å²) in [6.07, 6.45) is 2.00.